The fraction of sp³-hybridized carbons (Fsp3) is 0.143. The summed E-state index contributed by atoms with van der Waals surface area (Å²) in [5.74, 6) is 0. The average Bonchev–Trinajstić information content (AvgIpc) is 1.59. The van der Waals surface area contributed by atoms with Crippen molar-refractivity contribution in [3.8, 4) is 0 Å². The van der Waals surface area contributed by atoms with Crippen LogP contribution in [0.3, 0.4) is 0 Å². The van der Waals surface area contributed by atoms with Gasteiger partial charge >= 0.3 is 0 Å². The topological polar surface area (TPSA) is 52.0 Å². The van der Waals surface area contributed by atoms with Crippen molar-refractivity contribution in [3.63, 3.8) is 0 Å². The Morgan fingerprint density at radius 2 is 1.17 bits per heavy atom. The quantitative estimate of drug-likeness (QED) is 0.599. The molecule has 0 aromatic heterocycles. The van der Waals surface area contributed by atoms with Crippen LogP contribution in [-0.2, 0) is 0 Å². The van der Waals surface area contributed by atoms with Gasteiger partial charge in [0.25, 0.3) is 0 Å². The number of nitrogens with two attached hydrogens (primary N) is 2. The first-order chi connectivity index (χ1) is 4.18. The highest BCUT2D eigenvalue weighted by Gasteiger charge is 1.88. The maximum atomic E-state index is 5.48. The summed E-state index contributed by atoms with van der Waals surface area (Å²) in [6.45, 7) is 1.96. The molecule has 0 unspecified atom stereocenters. The molecule has 4 N–H and O–H groups in total. The van der Waals surface area contributed by atoms with E-state index in [0.29, 0.717) is 0 Å². The first-order valence-corrected chi connectivity index (χ1v) is 2.81. The molecule has 0 aliphatic heterocycles. The van der Waals surface area contributed by atoms with Crippen LogP contribution in [-0.4, -0.2) is 0 Å². The van der Waals surface area contributed by atoms with Crippen molar-refractivity contribution < 1.29 is 14.1 Å². The number of aryl methyl sites for hydroxylation is 1. The van der Waals surface area contributed by atoms with Gasteiger partial charge in [0.1, 0.15) is 0 Å². The normalized spacial score (nSPS) is 7.08. The van der Waals surface area contributed by atoms with E-state index in [0.717, 1.165) is 16.9 Å². The van der Waals surface area contributed by atoms with E-state index in [4.69, 9.17) is 11.5 Å². The highest BCUT2D eigenvalue weighted by molar-refractivity contribution is 5.53. The molecule has 5 heteroatoms. The molecule has 0 bridgehead atoms. The summed E-state index contributed by atoms with van der Waals surface area (Å²) in [4.78, 5) is 0. The van der Waals surface area contributed by atoms with Gasteiger partial charge in [0.05, 0.1) is 0 Å². The smallest absolute Gasteiger partial charge is 0.0337 e. The van der Waals surface area contributed by atoms with Crippen molar-refractivity contribution in [2.45, 2.75) is 6.92 Å². The average molecular weight is 182 g/mol. The Morgan fingerprint density at radius 3 is 1.42 bits per heavy atom. The molecule has 0 aliphatic carbocycles. The molecule has 0 saturated carbocycles. The molecule has 0 saturated heterocycles. The van der Waals surface area contributed by atoms with Crippen LogP contribution >= 0.6 is 0 Å². The largest absolute Gasteiger partial charge is 0.399 e. The lowest BCUT2D eigenvalue weighted by molar-refractivity contribution is 1.11. The summed E-state index contributed by atoms with van der Waals surface area (Å²) in [6, 6.07) is 5.51. The molecule has 1 rings (SSSR count). The van der Waals surface area contributed by atoms with Crippen molar-refractivity contribution in [3.05, 3.63) is 23.8 Å². The molecule has 0 radical (unpaired) electrons. The minimum absolute atomic E-state index is 0. The van der Waals surface area contributed by atoms with Gasteiger partial charge in [-0.1, -0.05) is 0 Å². The summed E-state index contributed by atoms with van der Waals surface area (Å²) in [7, 11) is 0. The number of hydrogen-bond acceptors (Lipinski definition) is 2. The zero-order chi connectivity index (χ0) is 6.85. The van der Waals surface area contributed by atoms with Crippen molar-refractivity contribution in [2.75, 3.05) is 11.5 Å². The van der Waals surface area contributed by atoms with E-state index < -0.39 is 0 Å². The molecule has 0 aliphatic rings. The Morgan fingerprint density at radius 1 is 0.833 bits per heavy atom. The number of anilines is 2. The Hall–Kier alpha value is -1.39. The highest BCUT2D eigenvalue weighted by atomic mass is 19.0. The Labute approximate surface area is 68.7 Å². The van der Waals surface area contributed by atoms with Gasteiger partial charge in [-0.05, 0) is 30.7 Å². The SMILES string of the molecule is Cc1cc(N)cc(N)c1.F.F.F. The second-order valence-electron chi connectivity index (χ2n) is 2.18. The lowest BCUT2D eigenvalue weighted by Gasteiger charge is -1.97. The van der Waals surface area contributed by atoms with E-state index in [-0.39, 0.29) is 14.1 Å². The van der Waals surface area contributed by atoms with E-state index in [9.17, 15) is 0 Å². The zero-order valence-corrected chi connectivity index (χ0v) is 6.61. The Bertz CT molecular complexity index is 177. The van der Waals surface area contributed by atoms with Gasteiger partial charge in [0, 0.05) is 11.4 Å². The third-order valence-corrected chi connectivity index (χ3v) is 1.12. The number of nitrogen functional groups attached to an aromatic ring is 2. The van der Waals surface area contributed by atoms with Gasteiger partial charge in [-0.25, -0.2) is 0 Å². The van der Waals surface area contributed by atoms with Crippen LogP contribution in [0.2, 0.25) is 0 Å². The second kappa shape index (κ2) is 6.33. The molecule has 0 heterocycles. The molecule has 12 heavy (non-hydrogen) atoms. The molecule has 72 valence electrons. The molecule has 0 fully saturated rings. The fourth-order valence-electron chi connectivity index (χ4n) is 0.843. The van der Waals surface area contributed by atoms with E-state index >= 15 is 0 Å². The van der Waals surface area contributed by atoms with Gasteiger partial charge in [-0.3, -0.25) is 14.1 Å². The Kier molecular flexibility index (Phi) is 8.92. The second-order valence-corrected chi connectivity index (χ2v) is 2.18. The number of benzene rings is 1. The van der Waals surface area contributed by atoms with Crippen LogP contribution in [0, 0.1) is 6.92 Å². The first-order valence-electron chi connectivity index (χ1n) is 2.81. The lowest BCUT2D eigenvalue weighted by Crippen LogP contribution is -1.90. The van der Waals surface area contributed by atoms with Gasteiger partial charge in [0.15, 0.2) is 0 Å². The molecule has 2 nitrogen and oxygen atoms in total. The summed E-state index contributed by atoms with van der Waals surface area (Å²) < 4.78 is 0. The predicted octanol–water partition coefficient (Wildman–Crippen LogP) is 1.62. The first kappa shape index (κ1) is 16.9. The van der Waals surface area contributed by atoms with Crippen LogP contribution in [0.1, 0.15) is 5.56 Å². The minimum atomic E-state index is 0. The van der Waals surface area contributed by atoms with Crippen LogP contribution in [0.25, 0.3) is 0 Å². The van der Waals surface area contributed by atoms with Gasteiger partial charge in [-0.2, -0.15) is 0 Å². The summed E-state index contributed by atoms with van der Waals surface area (Å²) >= 11 is 0. The highest BCUT2D eigenvalue weighted by Crippen LogP contribution is 2.11. The summed E-state index contributed by atoms with van der Waals surface area (Å²) in [5.41, 5.74) is 13.5. The van der Waals surface area contributed by atoms with E-state index in [1.807, 2.05) is 19.1 Å². The maximum absolute atomic E-state index is 5.48. The molecule has 1 aromatic rings. The number of rotatable bonds is 0. The zero-order valence-electron chi connectivity index (χ0n) is 6.61. The molecule has 0 atom stereocenters. The van der Waals surface area contributed by atoms with Gasteiger partial charge in [-0.15, -0.1) is 0 Å². The van der Waals surface area contributed by atoms with Crippen LogP contribution in [0.4, 0.5) is 25.5 Å². The van der Waals surface area contributed by atoms with Crippen LogP contribution in [0.5, 0.6) is 0 Å². The van der Waals surface area contributed by atoms with E-state index in [1.54, 1.807) is 6.07 Å². The molecule has 1 aromatic carbocycles. The van der Waals surface area contributed by atoms with Crippen LogP contribution in [0.15, 0.2) is 18.2 Å². The van der Waals surface area contributed by atoms with Crippen LogP contribution < -0.4 is 11.5 Å². The van der Waals surface area contributed by atoms with Gasteiger partial charge in [0.2, 0.25) is 0 Å². The van der Waals surface area contributed by atoms with E-state index in [2.05, 4.69) is 0 Å². The molecular formula is C7H13F3N2. The molecule has 0 spiro atoms. The fourth-order valence-corrected chi connectivity index (χ4v) is 0.843. The maximum Gasteiger partial charge on any atom is 0.0337 e. The third kappa shape index (κ3) is 4.43. The lowest BCUT2D eigenvalue weighted by atomic mass is 10.2. The van der Waals surface area contributed by atoms with Crippen molar-refractivity contribution in [1.29, 1.82) is 0 Å². The standard InChI is InChI=1S/C7H10N2.3FH/c1-5-2-6(8)4-7(9)3-5;;;/h2-4H,8-9H2,1H3;3*1H. The Balaban J connectivity index is -0.000000270. The third-order valence-electron chi connectivity index (χ3n) is 1.12. The molecule has 0 amide bonds. The monoisotopic (exact) mass is 182 g/mol. The van der Waals surface area contributed by atoms with Crippen molar-refractivity contribution in [1.82, 2.24) is 0 Å². The number of hydrogen-bond donors (Lipinski definition) is 2. The number of halogens is 3. The van der Waals surface area contributed by atoms with Gasteiger partial charge < -0.3 is 11.5 Å². The summed E-state index contributed by atoms with van der Waals surface area (Å²) in [5, 5.41) is 0. The summed E-state index contributed by atoms with van der Waals surface area (Å²) in [6.07, 6.45) is 0. The van der Waals surface area contributed by atoms with E-state index in [1.165, 1.54) is 0 Å². The van der Waals surface area contributed by atoms with Crippen molar-refractivity contribution >= 4 is 11.4 Å². The minimum Gasteiger partial charge on any atom is -0.399 e. The van der Waals surface area contributed by atoms with Crippen molar-refractivity contribution in [2.24, 2.45) is 0 Å². The molecular weight excluding hydrogens is 169 g/mol. The predicted molar refractivity (Wildman–Crippen MR) is 47.5 cm³/mol.